The van der Waals surface area contributed by atoms with E-state index in [0.717, 1.165) is 6.42 Å². The van der Waals surface area contributed by atoms with Gasteiger partial charge in [-0.1, -0.05) is 19.0 Å². The number of rotatable bonds is 3. The van der Waals surface area contributed by atoms with Crippen LogP contribution in [0.2, 0.25) is 0 Å². The van der Waals surface area contributed by atoms with Crippen LogP contribution in [0.1, 0.15) is 32.0 Å². The van der Waals surface area contributed by atoms with E-state index < -0.39 is 0 Å². The van der Waals surface area contributed by atoms with Crippen molar-refractivity contribution in [3.63, 3.8) is 0 Å². The Morgan fingerprint density at radius 2 is 2.33 bits per heavy atom. The van der Waals surface area contributed by atoms with E-state index in [4.69, 9.17) is 10.8 Å². The second-order valence-corrected chi connectivity index (χ2v) is 3.33. The molecule has 1 aromatic heterocycles. The Balaban J connectivity index is 2.58. The van der Waals surface area contributed by atoms with Crippen molar-refractivity contribution in [2.45, 2.75) is 26.3 Å². The van der Waals surface area contributed by atoms with Crippen molar-refractivity contribution >= 4 is 0 Å². The highest BCUT2D eigenvalue weighted by molar-refractivity contribution is 5.11. The summed E-state index contributed by atoms with van der Waals surface area (Å²) in [5.41, 5.74) is 6.39. The van der Waals surface area contributed by atoms with Gasteiger partial charge in [-0.2, -0.15) is 0 Å². The van der Waals surface area contributed by atoms with Gasteiger partial charge in [0, 0.05) is 6.07 Å². The molecule has 0 amide bonds. The Bertz CT molecular complexity index is 245. The fraction of sp³-hybridized carbons (Fsp3) is 0.625. The van der Waals surface area contributed by atoms with Crippen LogP contribution in [-0.2, 0) is 0 Å². The lowest BCUT2D eigenvalue weighted by molar-refractivity contribution is 0.274. The van der Waals surface area contributed by atoms with Gasteiger partial charge in [0.2, 0.25) is 0 Å². The van der Waals surface area contributed by atoms with Gasteiger partial charge in [0.1, 0.15) is 5.69 Å². The lowest BCUT2D eigenvalue weighted by Gasteiger charge is -2.09. The fourth-order valence-corrected chi connectivity index (χ4v) is 1.08. The van der Waals surface area contributed by atoms with Crippen LogP contribution in [0.15, 0.2) is 10.6 Å². The molecule has 0 saturated carbocycles. The molecule has 0 fully saturated rings. The first-order valence-electron chi connectivity index (χ1n) is 4.00. The van der Waals surface area contributed by atoms with Gasteiger partial charge in [-0.05, 0) is 12.3 Å². The smallest absolute Gasteiger partial charge is 0.308 e. The average Bonchev–Trinajstić information content (AvgIpc) is 2.34. The Labute approximate surface area is 71.4 Å². The summed E-state index contributed by atoms with van der Waals surface area (Å²) < 4.78 is 4.49. The highest BCUT2D eigenvalue weighted by Crippen LogP contribution is 2.20. The van der Waals surface area contributed by atoms with Crippen LogP contribution in [0.4, 0.5) is 0 Å². The zero-order valence-corrected chi connectivity index (χ0v) is 7.32. The Morgan fingerprint density at radius 1 is 1.67 bits per heavy atom. The van der Waals surface area contributed by atoms with Crippen LogP contribution in [0.5, 0.6) is 5.95 Å². The Hall–Kier alpha value is -1.03. The molecule has 0 saturated heterocycles. The highest BCUT2D eigenvalue weighted by atomic mass is 16.5. The van der Waals surface area contributed by atoms with E-state index in [9.17, 15) is 0 Å². The van der Waals surface area contributed by atoms with Gasteiger partial charge in [-0.25, -0.2) is 0 Å². The maximum atomic E-state index is 8.85. The summed E-state index contributed by atoms with van der Waals surface area (Å²) in [5, 5.41) is 12.5. The number of hydrogen-bond acceptors (Lipinski definition) is 4. The Morgan fingerprint density at radius 3 is 2.75 bits per heavy atom. The zero-order chi connectivity index (χ0) is 9.14. The van der Waals surface area contributed by atoms with Gasteiger partial charge in [0.25, 0.3) is 0 Å². The number of nitrogens with two attached hydrogens (primary N) is 1. The molecule has 3 N–H and O–H groups in total. The molecular formula is C8H14N2O2. The second-order valence-electron chi connectivity index (χ2n) is 3.33. The predicted molar refractivity (Wildman–Crippen MR) is 44.6 cm³/mol. The first-order valence-corrected chi connectivity index (χ1v) is 4.00. The molecule has 0 unspecified atom stereocenters. The van der Waals surface area contributed by atoms with Gasteiger partial charge in [-0.15, -0.1) is 0 Å². The first kappa shape index (κ1) is 9.06. The SMILES string of the molecule is CC(C)C[C@H](N)c1cc(O)on1. The summed E-state index contributed by atoms with van der Waals surface area (Å²) in [6.07, 6.45) is 0.839. The third-order valence-corrected chi connectivity index (χ3v) is 1.62. The number of aromatic hydroxyl groups is 1. The third kappa shape index (κ3) is 2.23. The molecule has 1 atom stereocenters. The summed E-state index contributed by atoms with van der Waals surface area (Å²) >= 11 is 0. The van der Waals surface area contributed by atoms with Crippen LogP contribution in [0.3, 0.4) is 0 Å². The molecule has 0 spiro atoms. The molecule has 0 bridgehead atoms. The standard InChI is InChI=1S/C8H14N2O2/c1-5(2)3-6(9)7-4-8(11)12-10-7/h4-6,11H,3,9H2,1-2H3/t6-/m0/s1. The maximum absolute atomic E-state index is 8.85. The second kappa shape index (κ2) is 3.58. The van der Waals surface area contributed by atoms with Gasteiger partial charge < -0.3 is 15.4 Å². The minimum Gasteiger partial charge on any atom is -0.479 e. The first-order chi connectivity index (χ1) is 5.59. The summed E-state index contributed by atoms with van der Waals surface area (Å²) in [6, 6.07) is 1.31. The molecule has 1 heterocycles. The van der Waals surface area contributed by atoms with E-state index in [2.05, 4.69) is 23.5 Å². The van der Waals surface area contributed by atoms with Crippen molar-refractivity contribution in [2.75, 3.05) is 0 Å². The van der Waals surface area contributed by atoms with Crippen LogP contribution >= 0.6 is 0 Å². The van der Waals surface area contributed by atoms with Crippen LogP contribution in [-0.4, -0.2) is 10.3 Å². The molecule has 0 aliphatic rings. The minimum atomic E-state index is -0.177. The molecule has 4 nitrogen and oxygen atoms in total. The zero-order valence-electron chi connectivity index (χ0n) is 7.32. The summed E-state index contributed by atoms with van der Waals surface area (Å²) in [6.45, 7) is 4.17. The quantitative estimate of drug-likeness (QED) is 0.719. The molecule has 0 aliphatic carbocycles. The van der Waals surface area contributed by atoms with Crippen molar-refractivity contribution in [2.24, 2.45) is 11.7 Å². The summed E-state index contributed by atoms with van der Waals surface area (Å²) in [4.78, 5) is 0. The van der Waals surface area contributed by atoms with Gasteiger partial charge in [0.15, 0.2) is 0 Å². The van der Waals surface area contributed by atoms with E-state index in [-0.39, 0.29) is 12.0 Å². The summed E-state index contributed by atoms with van der Waals surface area (Å²) in [7, 11) is 0. The van der Waals surface area contributed by atoms with E-state index in [0.29, 0.717) is 11.6 Å². The normalized spacial score (nSPS) is 13.7. The van der Waals surface area contributed by atoms with E-state index in [1.54, 1.807) is 0 Å². The van der Waals surface area contributed by atoms with E-state index in [1.807, 2.05) is 0 Å². The van der Waals surface area contributed by atoms with Crippen LogP contribution < -0.4 is 5.73 Å². The topological polar surface area (TPSA) is 72.3 Å². The molecule has 4 heteroatoms. The van der Waals surface area contributed by atoms with Crippen molar-refractivity contribution < 1.29 is 9.63 Å². The van der Waals surface area contributed by atoms with Crippen molar-refractivity contribution in [1.82, 2.24) is 5.16 Å². The lowest BCUT2D eigenvalue weighted by Crippen LogP contribution is -2.12. The number of nitrogens with zero attached hydrogens (tertiary/aromatic N) is 1. The van der Waals surface area contributed by atoms with Crippen molar-refractivity contribution in [3.8, 4) is 5.95 Å². The molecular weight excluding hydrogens is 156 g/mol. The Kier molecular flexibility index (Phi) is 2.70. The monoisotopic (exact) mass is 170 g/mol. The molecule has 1 rings (SSSR count). The lowest BCUT2D eigenvalue weighted by atomic mass is 10.0. The number of hydrogen-bond donors (Lipinski definition) is 2. The average molecular weight is 170 g/mol. The fourth-order valence-electron chi connectivity index (χ4n) is 1.08. The molecule has 0 radical (unpaired) electrons. The van der Waals surface area contributed by atoms with Crippen LogP contribution in [0, 0.1) is 5.92 Å². The van der Waals surface area contributed by atoms with Crippen molar-refractivity contribution in [3.05, 3.63) is 11.8 Å². The van der Waals surface area contributed by atoms with E-state index in [1.165, 1.54) is 6.07 Å². The predicted octanol–water partition coefficient (Wildman–Crippen LogP) is 1.43. The molecule has 0 aromatic carbocycles. The molecule has 12 heavy (non-hydrogen) atoms. The summed E-state index contributed by atoms with van der Waals surface area (Å²) in [5.74, 6) is 0.336. The van der Waals surface area contributed by atoms with Gasteiger partial charge in [0.05, 0.1) is 6.04 Å². The molecule has 1 aromatic rings. The molecule has 68 valence electrons. The van der Waals surface area contributed by atoms with Gasteiger partial charge >= 0.3 is 5.95 Å². The largest absolute Gasteiger partial charge is 0.479 e. The van der Waals surface area contributed by atoms with Crippen molar-refractivity contribution in [1.29, 1.82) is 0 Å². The maximum Gasteiger partial charge on any atom is 0.308 e. The number of aromatic nitrogens is 1. The highest BCUT2D eigenvalue weighted by Gasteiger charge is 2.12. The minimum absolute atomic E-state index is 0.144. The third-order valence-electron chi connectivity index (χ3n) is 1.62. The van der Waals surface area contributed by atoms with E-state index >= 15 is 0 Å². The van der Waals surface area contributed by atoms with Gasteiger partial charge in [-0.3, -0.25) is 0 Å². The van der Waals surface area contributed by atoms with Crippen LogP contribution in [0.25, 0.3) is 0 Å². The molecule has 0 aliphatic heterocycles.